The topological polar surface area (TPSA) is 121 Å². The van der Waals surface area contributed by atoms with Crippen LogP contribution in [0.5, 0.6) is 0 Å². The van der Waals surface area contributed by atoms with Gasteiger partial charge >= 0.3 is 11.8 Å². The van der Waals surface area contributed by atoms with E-state index < -0.39 is 21.8 Å². The van der Waals surface area contributed by atoms with Gasteiger partial charge in [0.2, 0.25) is 10.0 Å². The van der Waals surface area contributed by atoms with Gasteiger partial charge < -0.3 is 9.73 Å². The van der Waals surface area contributed by atoms with E-state index >= 15 is 0 Å². The van der Waals surface area contributed by atoms with Crippen LogP contribution in [-0.4, -0.2) is 30.8 Å². The lowest BCUT2D eigenvalue weighted by atomic mass is 10.2. The van der Waals surface area contributed by atoms with E-state index in [1.165, 1.54) is 22.7 Å². The number of furan rings is 1. The smallest absolute Gasteiger partial charge is 0.329 e. The van der Waals surface area contributed by atoms with Gasteiger partial charge in [-0.05, 0) is 47.5 Å². The van der Waals surface area contributed by atoms with Gasteiger partial charge in [-0.25, -0.2) is 13.8 Å². The third-order valence-corrected chi connectivity index (χ3v) is 7.59. The molecule has 0 saturated carbocycles. The number of benzene rings is 3. The Bertz CT molecular complexity index is 1540. The number of nitrogens with zero attached hydrogens (tertiary/aromatic N) is 2. The molecule has 2 amide bonds. The summed E-state index contributed by atoms with van der Waals surface area (Å²) in [7, 11) is -3.86. The third kappa shape index (κ3) is 7.87. The standard InChI is InChI=1S/C28H25ClN4O5S/c29-23-13-11-22(12-14-23)19-33(39(36,37)26-9-5-2-6-10-26)20-25-16-15-24(38-25)18-31-32-28(35)27(34)30-17-21-7-3-1-4-8-21/h1-16,18H,17,19-20H2,(H,30,34)(H,32,35)/b31-18+. The van der Waals surface area contributed by atoms with Crippen molar-refractivity contribution in [2.45, 2.75) is 24.5 Å². The summed E-state index contributed by atoms with van der Waals surface area (Å²) in [6.45, 7) is 0.241. The monoisotopic (exact) mass is 564 g/mol. The number of carbonyl (C=O) groups excluding carboxylic acids is 2. The predicted molar refractivity (Wildman–Crippen MR) is 147 cm³/mol. The van der Waals surface area contributed by atoms with Crippen molar-refractivity contribution in [2.24, 2.45) is 5.10 Å². The minimum Gasteiger partial charge on any atom is -0.459 e. The first-order valence-corrected chi connectivity index (χ1v) is 13.7. The largest absolute Gasteiger partial charge is 0.459 e. The fourth-order valence-corrected chi connectivity index (χ4v) is 5.09. The minimum atomic E-state index is -3.86. The van der Waals surface area contributed by atoms with Crippen LogP contribution < -0.4 is 10.7 Å². The molecular weight excluding hydrogens is 540 g/mol. The van der Waals surface area contributed by atoms with Crippen LogP contribution in [-0.2, 0) is 39.2 Å². The number of rotatable bonds is 10. The maximum absolute atomic E-state index is 13.4. The van der Waals surface area contributed by atoms with Crippen LogP contribution in [0.25, 0.3) is 0 Å². The molecule has 4 aromatic rings. The molecule has 0 saturated heterocycles. The number of hydrogen-bond acceptors (Lipinski definition) is 6. The molecule has 0 aliphatic carbocycles. The second-order valence-corrected chi connectivity index (χ2v) is 10.8. The molecule has 4 rings (SSSR count). The van der Waals surface area contributed by atoms with Gasteiger partial charge in [-0.2, -0.15) is 9.41 Å². The van der Waals surface area contributed by atoms with Gasteiger partial charge in [-0.15, -0.1) is 0 Å². The number of carbonyl (C=O) groups is 2. The second kappa shape index (κ2) is 13.0. The highest BCUT2D eigenvalue weighted by atomic mass is 35.5. The normalized spacial score (nSPS) is 11.5. The summed E-state index contributed by atoms with van der Waals surface area (Å²) >= 11 is 5.98. The molecule has 3 aromatic carbocycles. The van der Waals surface area contributed by atoms with Crippen LogP contribution in [0.2, 0.25) is 5.02 Å². The van der Waals surface area contributed by atoms with Crippen LogP contribution in [0.15, 0.2) is 111 Å². The zero-order chi connectivity index (χ0) is 27.7. The quantitative estimate of drug-likeness (QED) is 0.171. The molecule has 0 aliphatic heterocycles. The number of sulfonamides is 1. The molecule has 1 aromatic heterocycles. The molecular formula is C28H25ClN4O5S. The lowest BCUT2D eigenvalue weighted by Crippen LogP contribution is -2.37. The van der Waals surface area contributed by atoms with Crippen molar-refractivity contribution in [3.8, 4) is 0 Å². The van der Waals surface area contributed by atoms with Crippen molar-refractivity contribution in [2.75, 3.05) is 0 Å². The third-order valence-electron chi connectivity index (χ3n) is 5.53. The van der Waals surface area contributed by atoms with Gasteiger partial charge in [0.15, 0.2) is 0 Å². The van der Waals surface area contributed by atoms with E-state index in [1.807, 2.05) is 30.3 Å². The molecule has 0 atom stereocenters. The van der Waals surface area contributed by atoms with E-state index in [0.717, 1.165) is 11.1 Å². The molecule has 200 valence electrons. The summed E-state index contributed by atoms with van der Waals surface area (Å²) in [5.74, 6) is -1.15. The van der Waals surface area contributed by atoms with E-state index in [9.17, 15) is 18.0 Å². The molecule has 0 aliphatic rings. The zero-order valence-electron chi connectivity index (χ0n) is 20.7. The zero-order valence-corrected chi connectivity index (χ0v) is 22.2. The highest BCUT2D eigenvalue weighted by molar-refractivity contribution is 7.89. The summed E-state index contributed by atoms with van der Waals surface area (Å²) in [5, 5.41) is 6.81. The fourth-order valence-electron chi connectivity index (χ4n) is 3.55. The van der Waals surface area contributed by atoms with E-state index in [1.54, 1.807) is 54.6 Å². The molecule has 0 radical (unpaired) electrons. The lowest BCUT2D eigenvalue weighted by molar-refractivity contribution is -0.139. The predicted octanol–water partition coefficient (Wildman–Crippen LogP) is 4.09. The Balaban J connectivity index is 1.40. The first-order valence-electron chi connectivity index (χ1n) is 11.8. The maximum Gasteiger partial charge on any atom is 0.329 e. The Kier molecular flexibility index (Phi) is 9.27. The molecule has 39 heavy (non-hydrogen) atoms. The number of amides is 2. The van der Waals surface area contributed by atoms with E-state index in [2.05, 4.69) is 15.8 Å². The molecule has 0 fully saturated rings. The van der Waals surface area contributed by atoms with Crippen LogP contribution in [0.1, 0.15) is 22.6 Å². The minimum absolute atomic E-state index is 0.0536. The molecule has 11 heteroatoms. The molecule has 1 heterocycles. The molecule has 2 N–H and O–H groups in total. The summed E-state index contributed by atoms with van der Waals surface area (Å²) in [4.78, 5) is 24.1. The highest BCUT2D eigenvalue weighted by Crippen LogP contribution is 2.22. The van der Waals surface area contributed by atoms with E-state index in [4.69, 9.17) is 16.0 Å². The SMILES string of the molecule is O=C(NCc1ccccc1)C(=O)N/N=C/c1ccc(CN(Cc2ccc(Cl)cc2)S(=O)(=O)c2ccccc2)o1. The molecule has 0 spiro atoms. The number of hydrazone groups is 1. The van der Waals surface area contributed by atoms with Crippen LogP contribution in [0, 0.1) is 0 Å². The number of halogens is 1. The fraction of sp³-hybridized carbons (Fsp3) is 0.107. The van der Waals surface area contributed by atoms with Crippen LogP contribution >= 0.6 is 11.6 Å². The van der Waals surface area contributed by atoms with Crippen molar-refractivity contribution in [3.63, 3.8) is 0 Å². The summed E-state index contributed by atoms with van der Waals surface area (Å²) < 4.78 is 33.8. The van der Waals surface area contributed by atoms with Crippen molar-refractivity contribution >= 4 is 39.7 Å². The van der Waals surface area contributed by atoms with Crippen molar-refractivity contribution in [3.05, 3.63) is 125 Å². The lowest BCUT2D eigenvalue weighted by Gasteiger charge is -2.21. The Labute approximate surface area is 231 Å². The number of hydrogen-bond donors (Lipinski definition) is 2. The Morgan fingerprint density at radius 2 is 1.49 bits per heavy atom. The molecule has 9 nitrogen and oxygen atoms in total. The Morgan fingerprint density at radius 1 is 0.821 bits per heavy atom. The summed E-state index contributed by atoms with van der Waals surface area (Å²) in [6.07, 6.45) is 1.22. The van der Waals surface area contributed by atoms with Crippen LogP contribution in [0.3, 0.4) is 0 Å². The molecule has 0 bridgehead atoms. The van der Waals surface area contributed by atoms with Gasteiger partial charge in [0.1, 0.15) is 11.5 Å². The van der Waals surface area contributed by atoms with Crippen molar-refractivity contribution in [1.29, 1.82) is 0 Å². The van der Waals surface area contributed by atoms with Gasteiger partial charge in [0, 0.05) is 18.1 Å². The maximum atomic E-state index is 13.4. The summed E-state index contributed by atoms with van der Waals surface area (Å²) in [5.41, 5.74) is 3.74. The molecule has 0 unspecified atom stereocenters. The average Bonchev–Trinajstić information content (AvgIpc) is 3.40. The van der Waals surface area contributed by atoms with Crippen LogP contribution in [0.4, 0.5) is 0 Å². The average molecular weight is 565 g/mol. The Morgan fingerprint density at radius 3 is 2.18 bits per heavy atom. The van der Waals surface area contributed by atoms with E-state index in [-0.39, 0.29) is 30.3 Å². The van der Waals surface area contributed by atoms with Gasteiger partial charge in [0.25, 0.3) is 0 Å². The van der Waals surface area contributed by atoms with Crippen molar-refractivity contribution in [1.82, 2.24) is 15.0 Å². The highest BCUT2D eigenvalue weighted by Gasteiger charge is 2.26. The first-order chi connectivity index (χ1) is 18.8. The Hall–Kier alpha value is -4.25. The number of nitrogens with one attached hydrogen (secondary N) is 2. The van der Waals surface area contributed by atoms with Gasteiger partial charge in [0.05, 0.1) is 17.7 Å². The van der Waals surface area contributed by atoms with Crippen molar-refractivity contribution < 1.29 is 22.4 Å². The van der Waals surface area contributed by atoms with E-state index in [0.29, 0.717) is 10.8 Å². The summed E-state index contributed by atoms with van der Waals surface area (Å²) in [6, 6.07) is 27.4. The second-order valence-electron chi connectivity index (χ2n) is 8.38. The van der Waals surface area contributed by atoms with Gasteiger partial charge in [-0.3, -0.25) is 9.59 Å². The van der Waals surface area contributed by atoms with Gasteiger partial charge in [-0.1, -0.05) is 72.3 Å². The first kappa shape index (κ1) is 27.8.